The second kappa shape index (κ2) is 11.4. The van der Waals surface area contributed by atoms with Crippen LogP contribution in [0.1, 0.15) is 63.4 Å². The van der Waals surface area contributed by atoms with E-state index in [0.29, 0.717) is 28.6 Å². The molecule has 1 heterocycles. The van der Waals surface area contributed by atoms with Crippen LogP contribution in [0, 0.1) is 11.3 Å². The first-order valence-corrected chi connectivity index (χ1v) is 13.7. The molecule has 0 saturated heterocycles. The van der Waals surface area contributed by atoms with Gasteiger partial charge in [0.25, 0.3) is 5.91 Å². The van der Waals surface area contributed by atoms with Crippen molar-refractivity contribution in [3.63, 3.8) is 0 Å². The molecule has 41 heavy (non-hydrogen) atoms. The van der Waals surface area contributed by atoms with E-state index in [0.717, 1.165) is 19.3 Å². The van der Waals surface area contributed by atoms with Crippen LogP contribution in [0.5, 0.6) is 5.75 Å². The van der Waals surface area contributed by atoms with Gasteiger partial charge in [-0.1, -0.05) is 32.4 Å². The van der Waals surface area contributed by atoms with Crippen LogP contribution in [0.3, 0.4) is 0 Å². The highest BCUT2D eigenvalue weighted by atomic mass is 35.5. The van der Waals surface area contributed by atoms with E-state index in [-0.39, 0.29) is 27.8 Å². The highest BCUT2D eigenvalue weighted by molar-refractivity contribution is 6.34. The van der Waals surface area contributed by atoms with Crippen LogP contribution < -0.4 is 10.1 Å². The van der Waals surface area contributed by atoms with Gasteiger partial charge >= 0.3 is 12.3 Å². The van der Waals surface area contributed by atoms with Crippen molar-refractivity contribution in [2.75, 3.05) is 19.5 Å². The number of benzene rings is 2. The number of nitrogens with one attached hydrogen (secondary N) is 1. The van der Waals surface area contributed by atoms with Gasteiger partial charge in [-0.15, -0.1) is 13.2 Å². The van der Waals surface area contributed by atoms with Crippen LogP contribution in [-0.4, -0.2) is 52.9 Å². The molecule has 2 aromatic carbocycles. The quantitative estimate of drug-likeness (QED) is 0.288. The summed E-state index contributed by atoms with van der Waals surface area (Å²) in [6, 6.07) is 7.91. The van der Waals surface area contributed by atoms with Crippen LogP contribution in [0.15, 0.2) is 36.4 Å². The molecular formula is C29H34ClF3N4O4. The Bertz CT molecular complexity index is 1440. The Labute approximate surface area is 241 Å². The number of carbonyl (C=O) groups excluding carboxylic acids is 2. The molecule has 1 fully saturated rings. The van der Waals surface area contributed by atoms with Crippen molar-refractivity contribution in [3.05, 3.63) is 47.0 Å². The Morgan fingerprint density at radius 1 is 1.20 bits per heavy atom. The number of hydrogen-bond acceptors (Lipinski definition) is 6. The maximum Gasteiger partial charge on any atom is 0.573 e. The molecule has 0 bridgehead atoms. The fraction of sp³-hybridized carbons (Fsp3) is 0.483. The van der Waals surface area contributed by atoms with Crippen LogP contribution in [-0.2, 0) is 9.53 Å². The van der Waals surface area contributed by atoms with Gasteiger partial charge in [0.15, 0.2) is 0 Å². The van der Waals surface area contributed by atoms with E-state index in [4.69, 9.17) is 21.3 Å². The molecule has 1 amide bonds. The maximum absolute atomic E-state index is 13.3. The molecule has 1 aromatic heterocycles. The summed E-state index contributed by atoms with van der Waals surface area (Å²) in [5, 5.41) is 3.44. The number of methoxy groups -OCH3 is 1. The summed E-state index contributed by atoms with van der Waals surface area (Å²) in [5.41, 5.74) is 1.98. The molecule has 1 aliphatic rings. The zero-order chi connectivity index (χ0) is 30.3. The first kappa shape index (κ1) is 30.5. The van der Waals surface area contributed by atoms with E-state index < -0.39 is 24.3 Å². The SMILES string of the molecule is COC(=O)[C@H](C)N(C)C(=O)c1cc2nc(Nc3ccc(OC(F)(F)F)cc3)n([C@@H]3C[C@H](C)CC(C)(C)C3)c2cc1Cl. The number of alkyl halides is 3. The molecule has 0 aliphatic heterocycles. The lowest BCUT2D eigenvalue weighted by atomic mass is 9.70. The summed E-state index contributed by atoms with van der Waals surface area (Å²) < 4.78 is 48.7. The van der Waals surface area contributed by atoms with E-state index in [1.165, 1.54) is 43.3 Å². The van der Waals surface area contributed by atoms with Crippen LogP contribution in [0.2, 0.25) is 5.02 Å². The van der Waals surface area contributed by atoms with Gasteiger partial charge in [0.05, 0.1) is 28.7 Å². The number of likely N-dealkylation sites (N-methyl/N-ethyl adjacent to an activating group) is 1. The minimum absolute atomic E-state index is 0.0497. The minimum Gasteiger partial charge on any atom is -0.467 e. The number of ether oxygens (including phenoxy) is 2. The molecule has 1 saturated carbocycles. The van der Waals surface area contributed by atoms with Crippen molar-refractivity contribution in [1.82, 2.24) is 14.5 Å². The van der Waals surface area contributed by atoms with Crippen molar-refractivity contribution in [1.29, 1.82) is 0 Å². The van der Waals surface area contributed by atoms with Crippen molar-refractivity contribution in [3.8, 4) is 5.75 Å². The summed E-state index contributed by atoms with van der Waals surface area (Å²) in [4.78, 5) is 31.4. The van der Waals surface area contributed by atoms with Gasteiger partial charge in [0.2, 0.25) is 5.95 Å². The van der Waals surface area contributed by atoms with Crippen LogP contribution in [0.25, 0.3) is 11.0 Å². The zero-order valence-corrected chi connectivity index (χ0v) is 24.6. The predicted octanol–water partition coefficient (Wildman–Crippen LogP) is 7.35. The number of halogens is 4. The highest BCUT2D eigenvalue weighted by Gasteiger charge is 2.35. The fourth-order valence-corrected chi connectivity index (χ4v) is 6.03. The molecule has 3 aromatic rings. The van der Waals surface area contributed by atoms with E-state index in [2.05, 4.69) is 35.4 Å². The number of carbonyl (C=O) groups is 2. The lowest BCUT2D eigenvalue weighted by molar-refractivity contribution is -0.274. The molecule has 12 heteroatoms. The Kier molecular flexibility index (Phi) is 8.50. The molecule has 3 atom stereocenters. The normalized spacial score (nSPS) is 19.5. The average molecular weight is 595 g/mol. The number of amides is 1. The Morgan fingerprint density at radius 3 is 2.44 bits per heavy atom. The van der Waals surface area contributed by atoms with Gasteiger partial charge in [-0.3, -0.25) is 4.79 Å². The molecule has 1 aliphatic carbocycles. The zero-order valence-electron chi connectivity index (χ0n) is 23.8. The Hall–Kier alpha value is -3.47. The molecule has 1 N–H and O–H groups in total. The lowest BCUT2D eigenvalue weighted by Crippen LogP contribution is -2.41. The third-order valence-corrected chi connectivity index (χ3v) is 7.84. The molecule has 0 unspecified atom stereocenters. The van der Waals surface area contributed by atoms with Crippen molar-refractivity contribution >= 4 is 46.1 Å². The van der Waals surface area contributed by atoms with Crippen LogP contribution in [0.4, 0.5) is 24.8 Å². The molecule has 0 radical (unpaired) electrons. The Morgan fingerprint density at radius 2 is 1.85 bits per heavy atom. The van der Waals surface area contributed by atoms with Gasteiger partial charge in [0, 0.05) is 18.8 Å². The fourth-order valence-electron chi connectivity index (χ4n) is 5.79. The van der Waals surface area contributed by atoms with Gasteiger partial charge in [-0.2, -0.15) is 0 Å². The topological polar surface area (TPSA) is 85.7 Å². The summed E-state index contributed by atoms with van der Waals surface area (Å²) in [6.45, 7) is 8.22. The third-order valence-electron chi connectivity index (χ3n) is 7.53. The molecule has 8 nitrogen and oxygen atoms in total. The molecule has 0 spiro atoms. The van der Waals surface area contributed by atoms with Gasteiger partial charge in [0.1, 0.15) is 11.8 Å². The number of nitrogens with zero attached hydrogens (tertiary/aromatic N) is 3. The first-order valence-electron chi connectivity index (χ1n) is 13.3. The average Bonchev–Trinajstić information content (AvgIpc) is 3.21. The number of hydrogen-bond donors (Lipinski definition) is 1. The first-order chi connectivity index (χ1) is 19.1. The number of esters is 1. The smallest absolute Gasteiger partial charge is 0.467 e. The number of fused-ring (bicyclic) bond motifs is 1. The molecule has 222 valence electrons. The Balaban J connectivity index is 1.77. The van der Waals surface area contributed by atoms with E-state index in [9.17, 15) is 22.8 Å². The second-order valence-electron chi connectivity index (χ2n) is 11.5. The lowest BCUT2D eigenvalue weighted by Gasteiger charge is -2.40. The monoisotopic (exact) mass is 594 g/mol. The highest BCUT2D eigenvalue weighted by Crippen LogP contribution is 2.46. The van der Waals surface area contributed by atoms with Crippen LogP contribution >= 0.6 is 11.6 Å². The van der Waals surface area contributed by atoms with E-state index in [1.807, 2.05) is 0 Å². The summed E-state index contributed by atoms with van der Waals surface area (Å²) in [7, 11) is 2.75. The minimum atomic E-state index is -4.79. The van der Waals surface area contributed by atoms with Crippen molar-refractivity contribution in [2.45, 2.75) is 65.4 Å². The van der Waals surface area contributed by atoms with E-state index in [1.54, 1.807) is 19.1 Å². The standard InChI is InChI=1S/C29H34ClF3N4O4/c1-16-11-19(15-28(3,4)14-16)37-24-13-22(30)21(25(38)36(5)17(2)26(39)40-6)12-23(24)35-27(37)34-18-7-9-20(10-8-18)41-29(31,32)33/h7-10,12-13,16-17,19H,11,14-15H2,1-6H3,(H,34,35)/t16-,17-,19+/m0/s1. The molecule has 4 rings (SSSR count). The van der Waals surface area contributed by atoms with E-state index >= 15 is 0 Å². The summed E-state index contributed by atoms with van der Waals surface area (Å²) in [5.74, 6) is -0.449. The summed E-state index contributed by atoms with van der Waals surface area (Å²) >= 11 is 6.66. The summed E-state index contributed by atoms with van der Waals surface area (Å²) in [6.07, 6.45) is -1.96. The number of rotatable bonds is 7. The third kappa shape index (κ3) is 6.89. The second-order valence-corrected chi connectivity index (χ2v) is 11.9. The van der Waals surface area contributed by atoms with Gasteiger partial charge < -0.3 is 24.3 Å². The predicted molar refractivity (Wildman–Crippen MR) is 151 cm³/mol. The largest absolute Gasteiger partial charge is 0.573 e. The van der Waals surface area contributed by atoms with Crippen molar-refractivity contribution in [2.24, 2.45) is 11.3 Å². The molecular weight excluding hydrogens is 561 g/mol. The number of imidazole rings is 1. The van der Waals surface area contributed by atoms with Gasteiger partial charge in [-0.25, -0.2) is 9.78 Å². The number of aromatic nitrogens is 2. The number of anilines is 2. The van der Waals surface area contributed by atoms with Crippen molar-refractivity contribution < 1.29 is 32.2 Å². The van der Waals surface area contributed by atoms with Gasteiger partial charge in [-0.05, 0) is 73.9 Å². The maximum atomic E-state index is 13.3.